The summed E-state index contributed by atoms with van der Waals surface area (Å²) in [6.45, 7) is 0. The van der Waals surface area contributed by atoms with Crippen molar-refractivity contribution >= 4 is 73.9 Å². The molecule has 0 saturated heterocycles. The molecule has 1 saturated carbocycles. The van der Waals surface area contributed by atoms with Crippen LogP contribution in [0.1, 0.15) is 21.8 Å². The average Bonchev–Trinajstić information content (AvgIpc) is 3.38. The highest BCUT2D eigenvalue weighted by Gasteiger charge is 2.67. The van der Waals surface area contributed by atoms with Crippen LogP contribution in [0, 0.1) is 23.4 Å². The molecular formula is C24H15BrCl3F3N2O3. The van der Waals surface area contributed by atoms with Crippen LogP contribution < -0.4 is 15.4 Å². The average molecular weight is 623 g/mol. The summed E-state index contributed by atoms with van der Waals surface area (Å²) in [6.07, 6.45) is 0. The molecule has 12 heteroatoms. The summed E-state index contributed by atoms with van der Waals surface area (Å²) < 4.78 is 45.2. The number of halogens is 7. The maximum absolute atomic E-state index is 14.4. The minimum atomic E-state index is -1.50. The number of ether oxygens (including phenoxy) is 1. The van der Waals surface area contributed by atoms with Crippen molar-refractivity contribution in [3.63, 3.8) is 0 Å². The third-order valence-electron chi connectivity index (χ3n) is 5.58. The van der Waals surface area contributed by atoms with Gasteiger partial charge in [0.25, 0.3) is 5.91 Å². The summed E-state index contributed by atoms with van der Waals surface area (Å²) in [4.78, 5) is 25.6. The molecular weight excluding hydrogens is 608 g/mol. The van der Waals surface area contributed by atoms with Crippen LogP contribution in [0.3, 0.4) is 0 Å². The van der Waals surface area contributed by atoms with Gasteiger partial charge in [-0.3, -0.25) is 9.59 Å². The Kier molecular flexibility index (Phi) is 7.48. The number of carbonyl (C=O) groups excluding carboxylic acids is 2. The molecule has 1 aliphatic rings. The van der Waals surface area contributed by atoms with Crippen LogP contribution in [0.25, 0.3) is 0 Å². The van der Waals surface area contributed by atoms with Crippen LogP contribution in [-0.2, 0) is 4.79 Å². The number of nitrogens with one attached hydrogen (secondary N) is 2. The van der Waals surface area contributed by atoms with E-state index in [0.717, 1.165) is 12.1 Å². The van der Waals surface area contributed by atoms with Crippen LogP contribution in [0.2, 0.25) is 5.02 Å². The van der Waals surface area contributed by atoms with Gasteiger partial charge in [-0.1, -0.05) is 11.6 Å². The lowest BCUT2D eigenvalue weighted by Crippen LogP contribution is -2.18. The number of alkyl halides is 2. The van der Waals surface area contributed by atoms with Gasteiger partial charge in [-0.25, -0.2) is 13.2 Å². The van der Waals surface area contributed by atoms with E-state index in [4.69, 9.17) is 39.5 Å². The number of methoxy groups -OCH3 is 1. The normalized spacial score (nSPS) is 17.9. The number of hydrogen-bond donors (Lipinski definition) is 2. The minimum Gasteiger partial charge on any atom is -0.492 e. The number of benzene rings is 3. The molecule has 0 aliphatic heterocycles. The van der Waals surface area contributed by atoms with Gasteiger partial charge in [-0.2, -0.15) is 0 Å². The quantitative estimate of drug-likeness (QED) is 0.284. The van der Waals surface area contributed by atoms with Gasteiger partial charge in [0.1, 0.15) is 16.0 Å². The van der Waals surface area contributed by atoms with Crippen LogP contribution in [0.4, 0.5) is 24.5 Å². The number of carbonyl (C=O) groups is 2. The number of rotatable bonds is 6. The molecule has 3 aromatic rings. The lowest BCUT2D eigenvalue weighted by molar-refractivity contribution is -0.117. The second-order valence-corrected chi connectivity index (χ2v) is 10.6. The molecule has 5 nitrogen and oxygen atoms in total. The van der Waals surface area contributed by atoms with Gasteiger partial charge in [0.15, 0.2) is 11.6 Å². The second kappa shape index (κ2) is 10.1. The first-order valence-corrected chi connectivity index (χ1v) is 12.1. The Labute approximate surface area is 227 Å². The Balaban J connectivity index is 1.52. The minimum absolute atomic E-state index is 0.00244. The molecule has 0 spiro atoms. The zero-order chi connectivity index (χ0) is 26.4. The molecule has 1 aliphatic carbocycles. The first kappa shape index (κ1) is 26.6. The Hall–Kier alpha value is -2.46. The highest BCUT2D eigenvalue weighted by molar-refractivity contribution is 9.10. The Morgan fingerprint density at radius 1 is 1.00 bits per heavy atom. The van der Waals surface area contributed by atoms with Crippen LogP contribution in [0.5, 0.6) is 5.75 Å². The predicted octanol–water partition coefficient (Wildman–Crippen LogP) is 7.31. The van der Waals surface area contributed by atoms with Gasteiger partial charge in [0, 0.05) is 17.7 Å². The van der Waals surface area contributed by atoms with E-state index >= 15 is 0 Å². The highest BCUT2D eigenvalue weighted by Crippen LogP contribution is 2.65. The van der Waals surface area contributed by atoms with Crippen molar-refractivity contribution in [2.24, 2.45) is 5.92 Å². The molecule has 2 N–H and O–H groups in total. The largest absolute Gasteiger partial charge is 0.492 e. The first-order valence-electron chi connectivity index (χ1n) is 10.2. The summed E-state index contributed by atoms with van der Waals surface area (Å²) in [7, 11) is 1.32. The van der Waals surface area contributed by atoms with Crippen molar-refractivity contribution in [1.82, 2.24) is 0 Å². The van der Waals surface area contributed by atoms with E-state index in [1.54, 1.807) is 6.07 Å². The SMILES string of the molecule is COc1c(F)cc([C@@H]2[C@@H](C(=O)Nc3ccc(Cl)c(C(=O)Nc4ccc(F)cc4F)c3)C2(Cl)Cl)cc1Br. The van der Waals surface area contributed by atoms with Crippen molar-refractivity contribution in [2.75, 3.05) is 17.7 Å². The first-order chi connectivity index (χ1) is 16.9. The lowest BCUT2D eigenvalue weighted by atomic mass is 10.1. The van der Waals surface area contributed by atoms with E-state index in [1.807, 2.05) is 0 Å². The number of amides is 2. The molecule has 2 amide bonds. The van der Waals surface area contributed by atoms with E-state index in [9.17, 15) is 22.8 Å². The van der Waals surface area contributed by atoms with Crippen molar-refractivity contribution < 1.29 is 27.5 Å². The summed E-state index contributed by atoms with van der Waals surface area (Å²) in [6, 6.07) is 9.53. The summed E-state index contributed by atoms with van der Waals surface area (Å²) in [5.74, 6) is -5.41. The van der Waals surface area contributed by atoms with Gasteiger partial charge in [0.2, 0.25) is 5.91 Å². The number of anilines is 2. The molecule has 1 fully saturated rings. The zero-order valence-corrected chi connectivity index (χ0v) is 22.0. The molecule has 0 unspecified atom stereocenters. The monoisotopic (exact) mass is 620 g/mol. The summed E-state index contributed by atoms with van der Waals surface area (Å²) >= 11 is 22.1. The molecule has 0 radical (unpaired) electrons. The van der Waals surface area contributed by atoms with Gasteiger partial charge in [0.05, 0.1) is 33.8 Å². The fourth-order valence-corrected chi connectivity index (χ4v) is 5.45. The van der Waals surface area contributed by atoms with Gasteiger partial charge in [-0.05, 0) is 64.0 Å². The molecule has 188 valence electrons. The Morgan fingerprint density at radius 2 is 1.72 bits per heavy atom. The molecule has 36 heavy (non-hydrogen) atoms. The van der Waals surface area contributed by atoms with Gasteiger partial charge >= 0.3 is 0 Å². The second-order valence-electron chi connectivity index (χ2n) is 7.91. The molecule has 3 aromatic carbocycles. The van der Waals surface area contributed by atoms with Crippen molar-refractivity contribution in [2.45, 2.75) is 10.3 Å². The molecule has 0 bridgehead atoms. The molecule has 0 heterocycles. The van der Waals surface area contributed by atoms with Crippen molar-refractivity contribution in [3.05, 3.63) is 86.6 Å². The predicted molar refractivity (Wildman–Crippen MR) is 136 cm³/mol. The van der Waals surface area contributed by atoms with Gasteiger partial charge < -0.3 is 15.4 Å². The van der Waals surface area contributed by atoms with E-state index in [-0.39, 0.29) is 27.7 Å². The van der Waals surface area contributed by atoms with Crippen LogP contribution in [-0.4, -0.2) is 23.3 Å². The molecule has 0 aromatic heterocycles. The highest BCUT2D eigenvalue weighted by atomic mass is 79.9. The molecule has 2 atom stereocenters. The zero-order valence-electron chi connectivity index (χ0n) is 18.1. The standard InChI is InChI=1S/C24H15BrCl3F3N2O3/c1-36-21-14(25)6-10(7-17(21)31)19-20(24(19,27)28)23(35)32-12-3-4-15(26)13(9-12)22(34)33-18-5-2-11(29)8-16(18)30/h2-9,19-20H,1H3,(H,32,35)(H,33,34)/t19-,20+/m1/s1. The van der Waals surface area contributed by atoms with E-state index in [1.165, 1.54) is 31.4 Å². The van der Waals surface area contributed by atoms with Gasteiger partial charge in [-0.15, -0.1) is 23.2 Å². The number of hydrogen-bond acceptors (Lipinski definition) is 3. The van der Waals surface area contributed by atoms with Crippen molar-refractivity contribution in [1.29, 1.82) is 0 Å². The van der Waals surface area contributed by atoms with E-state index in [2.05, 4.69) is 26.6 Å². The molecule has 4 rings (SSSR count). The fraction of sp³-hybridized carbons (Fsp3) is 0.167. The third-order valence-corrected chi connectivity index (χ3v) is 7.44. The van der Waals surface area contributed by atoms with Crippen LogP contribution >= 0.6 is 50.7 Å². The fourth-order valence-electron chi connectivity index (χ4n) is 3.80. The van der Waals surface area contributed by atoms with E-state index < -0.39 is 45.4 Å². The maximum atomic E-state index is 14.4. The topological polar surface area (TPSA) is 67.4 Å². The Morgan fingerprint density at radius 3 is 2.36 bits per heavy atom. The maximum Gasteiger partial charge on any atom is 0.257 e. The summed E-state index contributed by atoms with van der Waals surface area (Å²) in [5, 5.41) is 4.95. The Bertz CT molecular complexity index is 1370. The summed E-state index contributed by atoms with van der Waals surface area (Å²) in [5.41, 5.74) is 0.253. The van der Waals surface area contributed by atoms with Crippen LogP contribution in [0.15, 0.2) is 53.0 Å². The third kappa shape index (κ3) is 5.16. The van der Waals surface area contributed by atoms with Crippen molar-refractivity contribution in [3.8, 4) is 5.75 Å². The smallest absolute Gasteiger partial charge is 0.257 e. The van der Waals surface area contributed by atoms with E-state index in [0.29, 0.717) is 16.1 Å². The lowest BCUT2D eigenvalue weighted by Gasteiger charge is -2.11.